The van der Waals surface area contributed by atoms with Crippen molar-refractivity contribution >= 4 is 18.4 Å². The second-order valence-corrected chi connectivity index (χ2v) is 8.38. The summed E-state index contributed by atoms with van der Waals surface area (Å²) in [7, 11) is 1.80. The van der Waals surface area contributed by atoms with Crippen molar-refractivity contribution in [3.63, 3.8) is 0 Å². The number of aryl methyl sites for hydroxylation is 1. The first-order chi connectivity index (χ1) is 16.0. The Labute approximate surface area is 191 Å². The summed E-state index contributed by atoms with van der Waals surface area (Å²) in [6, 6.07) is 15.6. The fraction of sp³-hybridized carbons (Fsp3) is 0.269. The van der Waals surface area contributed by atoms with Crippen molar-refractivity contribution in [1.82, 2.24) is 9.78 Å². The van der Waals surface area contributed by atoms with E-state index in [9.17, 15) is 9.59 Å². The molecule has 1 aromatic heterocycles. The number of nitrogens with one attached hydrogen (secondary N) is 1. The van der Waals surface area contributed by atoms with Gasteiger partial charge >= 0.3 is 6.09 Å². The maximum Gasteiger partial charge on any atom is 0.413 e. The molecule has 0 spiro atoms. The number of benzene rings is 2. The number of carbonyl (C=O) groups is 2. The molecule has 1 unspecified atom stereocenters. The van der Waals surface area contributed by atoms with Gasteiger partial charge in [-0.1, -0.05) is 42.3 Å². The average Bonchev–Trinajstić information content (AvgIpc) is 3.40. The number of amides is 1. The molecule has 2 aliphatic carbocycles. The highest BCUT2D eigenvalue weighted by atomic mass is 16.6. The molecular weight excluding hydrogens is 418 g/mol. The molecule has 2 aliphatic rings. The van der Waals surface area contributed by atoms with Gasteiger partial charge in [-0.3, -0.25) is 14.8 Å². The third-order valence-electron chi connectivity index (χ3n) is 6.04. The standard InChI is InChI=1S/C26H23N3O4/c1-17(19-6-4-3-5-7-19)33-25(31)27-24-23-21-9-8-18(10-11-26(12-13-26)32-16-30)14-20(21)15-22(23)28-29(24)2/h3-9,14,16-17H,12-13,15H2,1-2H3,(H,27,31). The Morgan fingerprint density at radius 3 is 2.76 bits per heavy atom. The molecule has 1 atom stereocenters. The van der Waals surface area contributed by atoms with E-state index in [1.807, 2.05) is 55.5 Å². The van der Waals surface area contributed by atoms with Crippen LogP contribution in [0.2, 0.25) is 0 Å². The zero-order valence-corrected chi connectivity index (χ0v) is 18.4. The van der Waals surface area contributed by atoms with Crippen molar-refractivity contribution in [3.8, 4) is 23.0 Å². The predicted molar refractivity (Wildman–Crippen MR) is 122 cm³/mol. The minimum Gasteiger partial charge on any atom is -0.448 e. The zero-order chi connectivity index (χ0) is 23.0. The zero-order valence-electron chi connectivity index (χ0n) is 18.4. The molecule has 166 valence electrons. The number of ether oxygens (including phenoxy) is 2. The van der Waals surface area contributed by atoms with Gasteiger partial charge in [0.2, 0.25) is 0 Å². The smallest absolute Gasteiger partial charge is 0.413 e. The predicted octanol–water partition coefficient (Wildman–Crippen LogP) is 4.36. The highest BCUT2D eigenvalue weighted by molar-refractivity contribution is 5.93. The Morgan fingerprint density at radius 2 is 2.03 bits per heavy atom. The first-order valence-electron chi connectivity index (χ1n) is 10.8. The number of anilines is 1. The van der Waals surface area contributed by atoms with Crippen LogP contribution >= 0.6 is 0 Å². The molecule has 7 nitrogen and oxygen atoms in total. The van der Waals surface area contributed by atoms with Crippen LogP contribution in [0.4, 0.5) is 10.6 Å². The van der Waals surface area contributed by atoms with E-state index < -0.39 is 11.7 Å². The lowest BCUT2D eigenvalue weighted by Crippen LogP contribution is -2.18. The van der Waals surface area contributed by atoms with Crippen LogP contribution in [0.3, 0.4) is 0 Å². The van der Waals surface area contributed by atoms with Crippen LogP contribution in [-0.4, -0.2) is 27.9 Å². The lowest BCUT2D eigenvalue weighted by molar-refractivity contribution is -0.132. The lowest BCUT2D eigenvalue weighted by atomic mass is 10.0. The molecule has 1 fully saturated rings. The van der Waals surface area contributed by atoms with E-state index in [1.54, 1.807) is 11.7 Å². The van der Waals surface area contributed by atoms with Crippen molar-refractivity contribution in [2.75, 3.05) is 5.32 Å². The number of fused-ring (bicyclic) bond motifs is 3. The number of carbonyl (C=O) groups excluding carboxylic acids is 2. The number of nitrogens with zero attached hydrogens (tertiary/aromatic N) is 2. The van der Waals surface area contributed by atoms with E-state index in [-0.39, 0.29) is 6.10 Å². The fourth-order valence-electron chi connectivity index (χ4n) is 4.11. The Hall–Kier alpha value is -4.05. The molecule has 1 saturated carbocycles. The summed E-state index contributed by atoms with van der Waals surface area (Å²) in [5.74, 6) is 6.80. The molecule has 33 heavy (non-hydrogen) atoms. The molecule has 0 radical (unpaired) electrons. The van der Waals surface area contributed by atoms with Crippen molar-refractivity contribution < 1.29 is 19.1 Å². The molecule has 0 aliphatic heterocycles. The first kappa shape index (κ1) is 20.8. The second kappa shape index (κ2) is 8.14. The van der Waals surface area contributed by atoms with E-state index >= 15 is 0 Å². The van der Waals surface area contributed by atoms with Crippen LogP contribution in [0.15, 0.2) is 48.5 Å². The topological polar surface area (TPSA) is 82.4 Å². The monoisotopic (exact) mass is 441 g/mol. The van der Waals surface area contributed by atoms with Crippen LogP contribution in [0.5, 0.6) is 0 Å². The fourth-order valence-corrected chi connectivity index (χ4v) is 4.11. The van der Waals surface area contributed by atoms with Gasteiger partial charge < -0.3 is 9.47 Å². The number of rotatable bonds is 5. The van der Waals surface area contributed by atoms with E-state index in [4.69, 9.17) is 9.47 Å². The van der Waals surface area contributed by atoms with Gasteiger partial charge in [0.1, 0.15) is 11.9 Å². The van der Waals surface area contributed by atoms with E-state index in [0.717, 1.165) is 46.4 Å². The summed E-state index contributed by atoms with van der Waals surface area (Å²) >= 11 is 0. The molecule has 1 N–H and O–H groups in total. The number of hydrogen-bond donors (Lipinski definition) is 1. The van der Waals surface area contributed by atoms with Crippen LogP contribution in [0.25, 0.3) is 11.1 Å². The molecule has 2 aromatic carbocycles. The minimum absolute atomic E-state index is 0.376. The van der Waals surface area contributed by atoms with Gasteiger partial charge in [0.15, 0.2) is 5.60 Å². The van der Waals surface area contributed by atoms with Crippen molar-refractivity contribution in [3.05, 3.63) is 70.9 Å². The third-order valence-corrected chi connectivity index (χ3v) is 6.04. The van der Waals surface area contributed by atoms with E-state index in [0.29, 0.717) is 18.7 Å². The molecule has 0 bridgehead atoms. The third kappa shape index (κ3) is 4.08. The largest absolute Gasteiger partial charge is 0.448 e. The summed E-state index contributed by atoms with van der Waals surface area (Å²) < 4.78 is 12.3. The molecule has 1 heterocycles. The molecule has 7 heteroatoms. The van der Waals surface area contributed by atoms with Gasteiger partial charge in [0.25, 0.3) is 6.47 Å². The highest BCUT2D eigenvalue weighted by Gasteiger charge is 2.43. The molecule has 1 amide bonds. The summed E-state index contributed by atoms with van der Waals surface area (Å²) in [4.78, 5) is 23.3. The Bertz CT molecular complexity index is 1300. The Balaban J connectivity index is 1.35. The summed E-state index contributed by atoms with van der Waals surface area (Å²) in [5.41, 5.74) is 5.07. The second-order valence-electron chi connectivity index (χ2n) is 8.38. The van der Waals surface area contributed by atoms with Crippen molar-refractivity contribution in [2.24, 2.45) is 7.05 Å². The maximum atomic E-state index is 12.6. The Morgan fingerprint density at radius 1 is 1.24 bits per heavy atom. The molecular formula is C26H23N3O4. The van der Waals surface area contributed by atoms with Crippen LogP contribution in [-0.2, 0) is 27.7 Å². The van der Waals surface area contributed by atoms with Crippen LogP contribution in [0.1, 0.15) is 48.3 Å². The SMILES string of the molecule is CC(OC(=O)Nc1c2c(nn1C)Cc1cc(C#CC3(OC=O)CC3)ccc1-2)c1ccccc1. The van der Waals surface area contributed by atoms with Gasteiger partial charge in [-0.15, -0.1) is 0 Å². The van der Waals surface area contributed by atoms with Gasteiger partial charge in [-0.25, -0.2) is 4.79 Å². The normalized spacial score (nSPS) is 15.3. The van der Waals surface area contributed by atoms with Gasteiger partial charge in [0.05, 0.1) is 5.69 Å². The number of aromatic nitrogens is 2. The van der Waals surface area contributed by atoms with Crippen LogP contribution < -0.4 is 5.32 Å². The number of hydrogen-bond acceptors (Lipinski definition) is 5. The van der Waals surface area contributed by atoms with Crippen LogP contribution in [0, 0.1) is 11.8 Å². The lowest BCUT2D eigenvalue weighted by Gasteiger charge is -2.15. The van der Waals surface area contributed by atoms with Crippen molar-refractivity contribution in [1.29, 1.82) is 0 Å². The van der Waals surface area contributed by atoms with E-state index in [2.05, 4.69) is 22.3 Å². The summed E-state index contributed by atoms with van der Waals surface area (Å²) in [6.45, 7) is 2.30. The minimum atomic E-state index is -0.610. The van der Waals surface area contributed by atoms with Gasteiger partial charge in [0, 0.05) is 37.4 Å². The molecule has 5 rings (SSSR count). The first-order valence-corrected chi connectivity index (χ1v) is 10.8. The van der Waals surface area contributed by atoms with Gasteiger partial charge in [-0.2, -0.15) is 5.10 Å². The quantitative estimate of drug-likeness (QED) is 0.368. The maximum absolute atomic E-state index is 12.6. The van der Waals surface area contributed by atoms with Gasteiger partial charge in [-0.05, 0) is 41.7 Å². The highest BCUT2D eigenvalue weighted by Crippen LogP contribution is 2.42. The van der Waals surface area contributed by atoms with E-state index in [1.165, 1.54) is 0 Å². The Kier molecular flexibility index (Phi) is 5.14. The average molecular weight is 441 g/mol. The molecule has 3 aromatic rings. The van der Waals surface area contributed by atoms with Crippen molar-refractivity contribution in [2.45, 2.75) is 37.9 Å². The summed E-state index contributed by atoms with van der Waals surface area (Å²) in [5, 5.41) is 7.47. The summed E-state index contributed by atoms with van der Waals surface area (Å²) in [6.07, 6.45) is 1.29. The molecule has 0 saturated heterocycles.